The summed E-state index contributed by atoms with van der Waals surface area (Å²) in [5.74, 6) is 0.739. The Morgan fingerprint density at radius 3 is 2.81 bits per heavy atom. The minimum Gasteiger partial charge on any atom is -0.361 e. The third kappa shape index (κ3) is 3.76. The minimum absolute atomic E-state index is 0.657. The highest BCUT2D eigenvalue weighted by Crippen LogP contribution is 2.38. The maximum Gasteiger partial charge on any atom is 0.123 e. The maximum atomic E-state index is 5.67. The van der Waals surface area contributed by atoms with E-state index in [1.807, 2.05) is 6.33 Å². The fraction of sp³-hybridized carbons (Fsp3) is 0.750. The van der Waals surface area contributed by atoms with Gasteiger partial charge in [-0.05, 0) is 18.9 Å². The number of ether oxygens (including phenoxy) is 1. The summed E-state index contributed by atoms with van der Waals surface area (Å²) in [6.45, 7) is 8.66. The molecule has 1 heterocycles. The van der Waals surface area contributed by atoms with Crippen molar-refractivity contribution < 1.29 is 4.74 Å². The van der Waals surface area contributed by atoms with Crippen molar-refractivity contribution in [3.8, 4) is 0 Å². The average Bonchev–Trinajstić information content (AvgIpc) is 2.93. The molecule has 0 amide bonds. The lowest BCUT2D eigenvalue weighted by molar-refractivity contribution is 0.0871. The summed E-state index contributed by atoms with van der Waals surface area (Å²) in [7, 11) is -0.948. The Labute approximate surface area is 98.8 Å². The van der Waals surface area contributed by atoms with Gasteiger partial charge in [-0.1, -0.05) is 19.6 Å². The highest BCUT2D eigenvalue weighted by molar-refractivity contribution is 6.76. The molecule has 16 heavy (non-hydrogen) atoms. The number of imidazole rings is 1. The van der Waals surface area contributed by atoms with Crippen LogP contribution in [0.3, 0.4) is 0 Å². The van der Waals surface area contributed by atoms with Gasteiger partial charge in [0.05, 0.1) is 12.0 Å². The monoisotopic (exact) mass is 238 g/mol. The van der Waals surface area contributed by atoms with Crippen LogP contribution < -0.4 is 0 Å². The largest absolute Gasteiger partial charge is 0.361 e. The van der Waals surface area contributed by atoms with E-state index in [1.54, 1.807) is 0 Å². The molecule has 1 aromatic rings. The Morgan fingerprint density at radius 2 is 2.19 bits per heavy atom. The lowest BCUT2D eigenvalue weighted by Gasteiger charge is -2.15. The maximum absolute atomic E-state index is 5.67. The molecule has 0 atom stereocenters. The standard InChI is InChI=1S/C12H22N2OSi/c1-16(2,3)7-6-15-10-14-8-12(13-9-14)11-4-5-11/h8-9,11H,4-7,10H2,1-3H3. The van der Waals surface area contributed by atoms with E-state index >= 15 is 0 Å². The van der Waals surface area contributed by atoms with E-state index < -0.39 is 8.07 Å². The Balaban J connectivity index is 1.68. The first kappa shape index (κ1) is 11.9. The number of hydrogen-bond acceptors (Lipinski definition) is 2. The fourth-order valence-corrected chi connectivity index (χ4v) is 2.34. The van der Waals surface area contributed by atoms with Crippen molar-refractivity contribution in [3.05, 3.63) is 18.2 Å². The molecule has 0 aliphatic heterocycles. The van der Waals surface area contributed by atoms with Gasteiger partial charge in [0.25, 0.3) is 0 Å². The first-order valence-electron chi connectivity index (χ1n) is 6.14. The zero-order valence-electron chi connectivity index (χ0n) is 10.6. The van der Waals surface area contributed by atoms with Crippen LogP contribution in [0.25, 0.3) is 0 Å². The van der Waals surface area contributed by atoms with Gasteiger partial charge in [0.2, 0.25) is 0 Å². The predicted octanol–water partition coefficient (Wildman–Crippen LogP) is 3.07. The summed E-state index contributed by atoms with van der Waals surface area (Å²) in [6.07, 6.45) is 6.65. The van der Waals surface area contributed by atoms with Crippen LogP contribution in [0.15, 0.2) is 12.5 Å². The van der Waals surface area contributed by atoms with Crippen LogP contribution in [0.5, 0.6) is 0 Å². The van der Waals surface area contributed by atoms with Gasteiger partial charge in [-0.25, -0.2) is 4.98 Å². The summed E-state index contributed by atoms with van der Waals surface area (Å²) in [5.41, 5.74) is 1.24. The smallest absolute Gasteiger partial charge is 0.123 e. The summed E-state index contributed by atoms with van der Waals surface area (Å²) >= 11 is 0. The minimum atomic E-state index is -0.948. The molecular weight excluding hydrogens is 216 g/mol. The van der Waals surface area contributed by atoms with Crippen LogP contribution in [0, 0.1) is 0 Å². The molecule has 3 nitrogen and oxygen atoms in total. The van der Waals surface area contributed by atoms with Crippen molar-refractivity contribution in [2.24, 2.45) is 0 Å². The van der Waals surface area contributed by atoms with Crippen LogP contribution in [-0.4, -0.2) is 24.2 Å². The molecule has 4 heteroatoms. The van der Waals surface area contributed by atoms with Crippen molar-refractivity contribution in [3.63, 3.8) is 0 Å². The third-order valence-corrected chi connectivity index (χ3v) is 4.59. The van der Waals surface area contributed by atoms with E-state index in [0.29, 0.717) is 6.73 Å². The average molecular weight is 238 g/mol. The number of hydrogen-bond donors (Lipinski definition) is 0. The number of nitrogens with zero attached hydrogens (tertiary/aromatic N) is 2. The van der Waals surface area contributed by atoms with Gasteiger partial charge in [0, 0.05) is 26.8 Å². The van der Waals surface area contributed by atoms with Gasteiger partial charge >= 0.3 is 0 Å². The highest BCUT2D eigenvalue weighted by atomic mass is 28.3. The Hall–Kier alpha value is -0.613. The van der Waals surface area contributed by atoms with Crippen molar-refractivity contribution >= 4 is 8.07 Å². The zero-order chi connectivity index (χ0) is 11.6. The summed E-state index contributed by atoms with van der Waals surface area (Å²) in [6, 6.07) is 1.23. The quantitative estimate of drug-likeness (QED) is 0.562. The lowest BCUT2D eigenvalue weighted by atomic mass is 10.3. The second kappa shape index (κ2) is 4.71. The Kier molecular flexibility index (Phi) is 3.49. The SMILES string of the molecule is C[Si](C)(C)CCOCn1cnc(C2CC2)c1. The Morgan fingerprint density at radius 1 is 1.44 bits per heavy atom. The van der Waals surface area contributed by atoms with Crippen LogP contribution in [0.4, 0.5) is 0 Å². The van der Waals surface area contributed by atoms with E-state index in [2.05, 4.69) is 35.4 Å². The highest BCUT2D eigenvalue weighted by Gasteiger charge is 2.25. The molecular formula is C12H22N2OSi. The molecule has 0 aromatic carbocycles. The Bertz CT molecular complexity index is 339. The van der Waals surface area contributed by atoms with Gasteiger partial charge < -0.3 is 9.30 Å². The molecule has 0 saturated heterocycles. The van der Waals surface area contributed by atoms with Crippen LogP contribution in [0.1, 0.15) is 24.5 Å². The van der Waals surface area contributed by atoms with Gasteiger partial charge in [-0.2, -0.15) is 0 Å². The molecule has 1 aliphatic carbocycles. The first-order valence-corrected chi connectivity index (χ1v) is 9.85. The van der Waals surface area contributed by atoms with Crippen LogP contribution >= 0.6 is 0 Å². The topological polar surface area (TPSA) is 27.1 Å². The van der Waals surface area contributed by atoms with E-state index in [1.165, 1.54) is 24.6 Å². The van der Waals surface area contributed by atoms with Crippen LogP contribution in [-0.2, 0) is 11.5 Å². The molecule has 1 aromatic heterocycles. The third-order valence-electron chi connectivity index (χ3n) is 2.89. The van der Waals surface area contributed by atoms with Crippen LogP contribution in [0.2, 0.25) is 25.7 Å². The molecule has 0 unspecified atom stereocenters. The second-order valence-corrected chi connectivity index (χ2v) is 11.6. The second-order valence-electron chi connectivity index (χ2n) is 5.94. The molecule has 1 aliphatic rings. The molecule has 1 fully saturated rings. The fourth-order valence-electron chi connectivity index (χ4n) is 1.59. The van der Waals surface area contributed by atoms with Gasteiger partial charge in [0.15, 0.2) is 0 Å². The molecule has 0 radical (unpaired) electrons. The van der Waals surface area contributed by atoms with Crippen molar-refractivity contribution in [1.82, 2.24) is 9.55 Å². The van der Waals surface area contributed by atoms with E-state index in [9.17, 15) is 0 Å². The number of rotatable bonds is 6. The van der Waals surface area contributed by atoms with E-state index in [-0.39, 0.29) is 0 Å². The number of aromatic nitrogens is 2. The lowest BCUT2D eigenvalue weighted by Crippen LogP contribution is -2.21. The van der Waals surface area contributed by atoms with E-state index in [4.69, 9.17) is 4.74 Å². The molecule has 2 rings (SSSR count). The van der Waals surface area contributed by atoms with Crippen molar-refractivity contribution in [2.75, 3.05) is 6.61 Å². The van der Waals surface area contributed by atoms with Crippen molar-refractivity contribution in [2.45, 2.75) is 51.2 Å². The van der Waals surface area contributed by atoms with Gasteiger partial charge in [-0.15, -0.1) is 0 Å². The molecule has 90 valence electrons. The molecule has 0 N–H and O–H groups in total. The normalized spacial score (nSPS) is 16.7. The first-order chi connectivity index (χ1) is 7.54. The summed E-state index contributed by atoms with van der Waals surface area (Å²) in [4.78, 5) is 4.40. The summed E-state index contributed by atoms with van der Waals surface area (Å²) < 4.78 is 7.72. The van der Waals surface area contributed by atoms with Gasteiger partial charge in [-0.3, -0.25) is 0 Å². The molecule has 0 spiro atoms. The zero-order valence-corrected chi connectivity index (χ0v) is 11.6. The van der Waals surface area contributed by atoms with Crippen molar-refractivity contribution in [1.29, 1.82) is 0 Å². The van der Waals surface area contributed by atoms with Gasteiger partial charge in [0.1, 0.15) is 6.73 Å². The molecule has 0 bridgehead atoms. The summed E-state index contributed by atoms with van der Waals surface area (Å²) in [5, 5.41) is 0. The predicted molar refractivity (Wildman–Crippen MR) is 68.3 cm³/mol. The molecule has 1 saturated carbocycles. The van der Waals surface area contributed by atoms with E-state index in [0.717, 1.165) is 12.5 Å².